The van der Waals surface area contributed by atoms with Gasteiger partial charge in [-0.25, -0.2) is 4.90 Å². The second-order valence-corrected chi connectivity index (χ2v) is 8.23. The van der Waals surface area contributed by atoms with Crippen LogP contribution in [0.3, 0.4) is 0 Å². The van der Waals surface area contributed by atoms with E-state index in [2.05, 4.69) is 6.07 Å². The van der Waals surface area contributed by atoms with Crippen LogP contribution in [-0.2, 0) is 16.1 Å². The number of nitrogens with zero attached hydrogens (tertiary/aromatic N) is 1. The highest BCUT2D eigenvalue weighted by Gasteiger charge is 2.41. The molecule has 2 amide bonds. The topological polar surface area (TPSA) is 46.3 Å². The highest BCUT2D eigenvalue weighted by atomic mass is 35.5. The average molecular weight is 400 g/mol. The fourth-order valence-corrected chi connectivity index (χ4v) is 4.46. The van der Waals surface area contributed by atoms with Gasteiger partial charge in [-0.15, -0.1) is 0 Å². The molecule has 6 heteroatoms. The van der Waals surface area contributed by atoms with Crippen molar-refractivity contribution in [2.75, 3.05) is 32.8 Å². The lowest BCUT2D eigenvalue weighted by Gasteiger charge is -2.31. The van der Waals surface area contributed by atoms with Crippen molar-refractivity contribution in [3.05, 3.63) is 70.7 Å². The van der Waals surface area contributed by atoms with Crippen LogP contribution in [0.5, 0.6) is 0 Å². The summed E-state index contributed by atoms with van der Waals surface area (Å²) in [6.45, 7) is 5.43. The van der Waals surface area contributed by atoms with Crippen molar-refractivity contribution < 1.29 is 19.4 Å². The predicted molar refractivity (Wildman–Crippen MR) is 107 cm³/mol. The van der Waals surface area contributed by atoms with Crippen LogP contribution in [0, 0.1) is 0 Å². The molecule has 0 unspecified atom stereocenters. The van der Waals surface area contributed by atoms with E-state index in [0.29, 0.717) is 13.1 Å². The molecule has 1 atom stereocenters. The highest BCUT2D eigenvalue weighted by Crippen LogP contribution is 2.28. The molecule has 2 fully saturated rings. The molecule has 2 heterocycles. The number of imide groups is 1. The first-order valence-electron chi connectivity index (χ1n) is 9.91. The van der Waals surface area contributed by atoms with Crippen LogP contribution in [0.2, 0.25) is 5.02 Å². The van der Waals surface area contributed by atoms with Crippen molar-refractivity contribution in [2.45, 2.75) is 18.9 Å². The van der Waals surface area contributed by atoms with Gasteiger partial charge in [0.15, 0.2) is 6.67 Å². The third-order valence-corrected chi connectivity index (χ3v) is 6.07. The minimum Gasteiger partial charge on any atom is -0.322 e. The Bertz CT molecular complexity index is 850. The molecule has 0 saturated carbocycles. The van der Waals surface area contributed by atoms with Gasteiger partial charge in [0, 0.05) is 17.0 Å². The van der Waals surface area contributed by atoms with Gasteiger partial charge in [-0.1, -0.05) is 54.1 Å². The monoisotopic (exact) mass is 399 g/mol. The molecule has 28 heavy (non-hydrogen) atoms. The molecule has 146 valence electrons. The van der Waals surface area contributed by atoms with Gasteiger partial charge in [0.05, 0.1) is 5.92 Å². The molecule has 0 bridgehead atoms. The van der Waals surface area contributed by atoms with Gasteiger partial charge < -0.3 is 9.80 Å². The molecule has 2 N–H and O–H groups in total. The standard InChI is InChI=1S/C22H24ClN3O2/c23-19-8-4-5-17(13-19)15-24-9-11-25(12-10-24)16-26-21(27)14-20(22(26)28)18-6-2-1-3-7-18/h1-8,13,20H,9-12,14-16H2/p+2/t20-/m0/s1. The van der Waals surface area contributed by atoms with Crippen LogP contribution >= 0.6 is 11.6 Å². The Kier molecular flexibility index (Phi) is 5.76. The molecular weight excluding hydrogens is 374 g/mol. The van der Waals surface area contributed by atoms with Crippen LogP contribution in [0.1, 0.15) is 23.5 Å². The maximum absolute atomic E-state index is 12.8. The molecular formula is C22H26ClN3O2+2. The first kappa shape index (κ1) is 19.1. The molecule has 2 aliphatic heterocycles. The van der Waals surface area contributed by atoms with Crippen LogP contribution < -0.4 is 9.80 Å². The van der Waals surface area contributed by atoms with E-state index in [-0.39, 0.29) is 17.7 Å². The van der Waals surface area contributed by atoms with Crippen LogP contribution in [0.4, 0.5) is 0 Å². The maximum atomic E-state index is 12.8. The van der Waals surface area contributed by atoms with Gasteiger partial charge in [0.1, 0.15) is 32.7 Å². The van der Waals surface area contributed by atoms with Crippen LogP contribution in [0.15, 0.2) is 54.6 Å². The molecule has 5 nitrogen and oxygen atoms in total. The largest absolute Gasteiger partial charge is 0.322 e. The number of nitrogens with one attached hydrogen (secondary N) is 2. The summed E-state index contributed by atoms with van der Waals surface area (Å²) in [6, 6.07) is 17.7. The normalized spacial score (nSPS) is 25.3. The van der Waals surface area contributed by atoms with Gasteiger partial charge in [-0.3, -0.25) is 9.59 Å². The molecule has 2 aromatic carbocycles. The molecule has 2 aromatic rings. The predicted octanol–water partition coefficient (Wildman–Crippen LogP) is 0.124. The number of carbonyl (C=O) groups excluding carboxylic acids is 2. The van der Waals surface area contributed by atoms with E-state index in [1.54, 1.807) is 0 Å². The Morgan fingerprint density at radius 3 is 2.36 bits per heavy atom. The summed E-state index contributed by atoms with van der Waals surface area (Å²) >= 11 is 6.08. The smallest absolute Gasteiger partial charge is 0.241 e. The van der Waals surface area contributed by atoms with Gasteiger partial charge in [-0.05, 0) is 17.7 Å². The number of benzene rings is 2. The van der Waals surface area contributed by atoms with E-state index in [1.807, 2.05) is 48.5 Å². The lowest BCUT2D eigenvalue weighted by atomic mass is 9.98. The Hall–Kier alpha value is -2.21. The second kappa shape index (κ2) is 8.43. The van der Waals surface area contributed by atoms with Crippen molar-refractivity contribution in [2.24, 2.45) is 0 Å². The number of rotatable bonds is 5. The van der Waals surface area contributed by atoms with Crippen molar-refractivity contribution in [1.29, 1.82) is 0 Å². The first-order chi connectivity index (χ1) is 13.6. The summed E-state index contributed by atoms with van der Waals surface area (Å²) in [6.07, 6.45) is 0.294. The number of amides is 2. The second-order valence-electron chi connectivity index (χ2n) is 7.79. The van der Waals surface area contributed by atoms with Crippen molar-refractivity contribution in [1.82, 2.24) is 4.90 Å². The number of piperazine rings is 1. The third-order valence-electron chi connectivity index (χ3n) is 5.83. The summed E-state index contributed by atoms with van der Waals surface area (Å²) in [4.78, 5) is 29.6. The molecule has 0 aromatic heterocycles. The minimum absolute atomic E-state index is 0.0416. The average Bonchev–Trinajstić information content (AvgIpc) is 2.98. The zero-order valence-corrected chi connectivity index (χ0v) is 16.6. The van der Waals surface area contributed by atoms with Gasteiger partial charge in [0.2, 0.25) is 11.8 Å². The van der Waals surface area contributed by atoms with Crippen LogP contribution in [-0.4, -0.2) is 49.6 Å². The van der Waals surface area contributed by atoms with E-state index in [1.165, 1.54) is 20.3 Å². The van der Waals surface area contributed by atoms with Crippen molar-refractivity contribution in [3.8, 4) is 0 Å². The van der Waals surface area contributed by atoms with Crippen molar-refractivity contribution >= 4 is 23.4 Å². The molecule has 4 rings (SSSR count). The number of hydrogen-bond donors (Lipinski definition) is 2. The van der Waals surface area contributed by atoms with Crippen molar-refractivity contribution in [3.63, 3.8) is 0 Å². The molecule has 0 radical (unpaired) electrons. The number of halogens is 1. The molecule has 0 spiro atoms. The highest BCUT2D eigenvalue weighted by molar-refractivity contribution is 6.30. The van der Waals surface area contributed by atoms with Crippen LogP contribution in [0.25, 0.3) is 0 Å². The zero-order chi connectivity index (χ0) is 19.5. The van der Waals surface area contributed by atoms with E-state index in [9.17, 15) is 9.59 Å². The lowest BCUT2D eigenvalue weighted by molar-refractivity contribution is -1.02. The summed E-state index contributed by atoms with van der Waals surface area (Å²) in [5.41, 5.74) is 2.19. The third kappa shape index (κ3) is 4.27. The van der Waals surface area contributed by atoms with E-state index < -0.39 is 0 Å². The number of likely N-dealkylation sites (tertiary alicyclic amines) is 1. The summed E-state index contributed by atoms with van der Waals surface area (Å²) in [5, 5.41) is 0.778. The Morgan fingerprint density at radius 2 is 1.64 bits per heavy atom. The fourth-order valence-electron chi connectivity index (χ4n) is 4.25. The maximum Gasteiger partial charge on any atom is 0.241 e. The molecule has 2 aliphatic rings. The SMILES string of the molecule is O=C1C[C@@H](c2ccccc2)C(=O)N1C[NH+]1CC[NH+](Cc2cccc(Cl)c2)CC1. The summed E-state index contributed by atoms with van der Waals surface area (Å²) in [5.74, 6) is -0.402. The molecule has 2 saturated heterocycles. The number of carbonyl (C=O) groups is 2. The molecule has 0 aliphatic carbocycles. The Morgan fingerprint density at radius 1 is 0.929 bits per heavy atom. The summed E-state index contributed by atoms with van der Waals surface area (Å²) in [7, 11) is 0. The number of hydrogen-bond acceptors (Lipinski definition) is 2. The fraction of sp³-hybridized carbons (Fsp3) is 0.364. The first-order valence-corrected chi connectivity index (χ1v) is 10.3. The minimum atomic E-state index is -0.317. The van der Waals surface area contributed by atoms with E-state index >= 15 is 0 Å². The van der Waals surface area contributed by atoms with Gasteiger partial charge >= 0.3 is 0 Å². The Balaban J connectivity index is 1.31. The summed E-state index contributed by atoms with van der Waals surface area (Å²) < 4.78 is 0. The quantitative estimate of drug-likeness (QED) is 0.702. The Labute approximate surface area is 170 Å². The zero-order valence-electron chi connectivity index (χ0n) is 15.9. The number of quaternary nitrogens is 2. The van der Waals surface area contributed by atoms with Gasteiger partial charge in [-0.2, -0.15) is 0 Å². The lowest BCUT2D eigenvalue weighted by Crippen LogP contribution is -3.28. The van der Waals surface area contributed by atoms with Gasteiger partial charge in [0.25, 0.3) is 0 Å². The van der Waals surface area contributed by atoms with E-state index in [0.717, 1.165) is 43.3 Å². The van der Waals surface area contributed by atoms with E-state index in [4.69, 9.17) is 11.6 Å².